The summed E-state index contributed by atoms with van der Waals surface area (Å²) in [5.74, 6) is 0.646. The fourth-order valence-electron chi connectivity index (χ4n) is 3.97. The van der Waals surface area contributed by atoms with Gasteiger partial charge in [0, 0.05) is 0 Å². The number of hydrogen-bond donors (Lipinski definition) is 0. The Morgan fingerprint density at radius 3 is 2.10 bits per heavy atom. The average molecular weight is 524 g/mol. The molecule has 0 bridgehead atoms. The van der Waals surface area contributed by atoms with E-state index in [0.29, 0.717) is 0 Å². The van der Waals surface area contributed by atoms with Crippen LogP contribution < -0.4 is 24.8 Å². The SMILES string of the molecule is CC(C)CC1=Cc2c(-c3ccc(C(C)(C)C)cc3)cccc2[CH]1[Zr+2][Si](C)C.[Cl-].[Cl-]. The molecule has 0 saturated heterocycles. The van der Waals surface area contributed by atoms with Crippen molar-refractivity contribution in [1.29, 1.82) is 0 Å². The maximum atomic E-state index is 2.57. The Kier molecular flexibility index (Phi) is 10.1. The second-order valence-corrected chi connectivity index (χ2v) is 22.7. The molecule has 0 N–H and O–H groups in total. The van der Waals surface area contributed by atoms with Gasteiger partial charge in [-0.25, -0.2) is 0 Å². The number of halogens is 2. The molecule has 0 spiro atoms. The van der Waals surface area contributed by atoms with Crippen LogP contribution in [0.15, 0.2) is 48.0 Å². The number of allylic oxidation sites excluding steroid dienone is 1. The van der Waals surface area contributed by atoms with Crippen molar-refractivity contribution in [3.63, 3.8) is 0 Å². The van der Waals surface area contributed by atoms with E-state index in [4.69, 9.17) is 0 Å². The van der Waals surface area contributed by atoms with Gasteiger partial charge in [0.15, 0.2) is 0 Å². The molecule has 1 aliphatic rings. The zero-order chi connectivity index (χ0) is 19.8. The molecule has 0 aromatic heterocycles. The molecule has 0 saturated carbocycles. The first-order valence-corrected chi connectivity index (χ1v) is 17.8. The summed E-state index contributed by atoms with van der Waals surface area (Å²) in [6, 6.07) is 16.3. The van der Waals surface area contributed by atoms with E-state index in [0.717, 1.165) is 9.54 Å². The molecule has 1 radical (unpaired) electrons. The van der Waals surface area contributed by atoms with Crippen LogP contribution in [0, 0.1) is 5.92 Å². The number of fused-ring (bicyclic) bond motifs is 1. The molecule has 0 nitrogen and oxygen atoms in total. The van der Waals surface area contributed by atoms with Crippen LogP contribution in [0.25, 0.3) is 17.2 Å². The molecule has 1 atom stereocenters. The van der Waals surface area contributed by atoms with Gasteiger partial charge in [0.05, 0.1) is 0 Å². The summed E-state index contributed by atoms with van der Waals surface area (Å²) in [4.78, 5) is 0. The molecule has 2 aromatic rings. The van der Waals surface area contributed by atoms with E-state index in [1.54, 1.807) is 11.1 Å². The second-order valence-electron chi connectivity index (χ2n) is 9.53. The Bertz CT molecular complexity index is 833. The fourth-order valence-corrected chi connectivity index (χ4v) is 12.8. The predicted octanol–water partition coefficient (Wildman–Crippen LogP) is 1.48. The standard InChI is InChI=1S/C23H27.C2H6Si.2ClH.Zr/c1-16(2)13-17-14-19-7-6-8-21(22(19)15-17)18-9-11-20(12-10-18)23(3,4)5;1-3-2;;;/h6-12,14-16H,13H2,1-5H3;1-2H3;2*1H;/q;;;;+2/p-2. The first kappa shape index (κ1) is 26.9. The molecule has 4 heteroatoms. The minimum absolute atomic E-state index is 0. The van der Waals surface area contributed by atoms with Gasteiger partial charge in [-0.1, -0.05) is 0 Å². The molecule has 1 unspecified atom stereocenters. The minimum atomic E-state index is -0.381. The second kappa shape index (κ2) is 10.9. The van der Waals surface area contributed by atoms with Crippen LogP contribution in [-0.4, -0.2) is 5.92 Å². The molecule has 0 fully saturated rings. The van der Waals surface area contributed by atoms with Crippen molar-refractivity contribution in [1.82, 2.24) is 0 Å². The largest absolute Gasteiger partial charge is 1.00 e. The fraction of sp³-hybridized carbons (Fsp3) is 0.440. The molecule has 2 aromatic carbocycles. The summed E-state index contributed by atoms with van der Waals surface area (Å²) in [5, 5.41) is 0. The van der Waals surface area contributed by atoms with Gasteiger partial charge in [0.1, 0.15) is 0 Å². The summed E-state index contributed by atoms with van der Waals surface area (Å²) in [6.07, 6.45) is 3.83. The van der Waals surface area contributed by atoms with E-state index in [2.05, 4.69) is 96.3 Å². The molecular weight excluding hydrogens is 490 g/mol. The maximum absolute atomic E-state index is 2.57. The third kappa shape index (κ3) is 6.42. The Morgan fingerprint density at radius 2 is 1.59 bits per heavy atom. The van der Waals surface area contributed by atoms with E-state index in [1.165, 1.54) is 28.7 Å². The molecule has 3 rings (SSSR count). The smallest absolute Gasteiger partial charge is 1.00 e. The van der Waals surface area contributed by atoms with E-state index in [1.807, 2.05) is 0 Å². The van der Waals surface area contributed by atoms with Crippen LogP contribution in [0.5, 0.6) is 0 Å². The molecule has 0 heterocycles. The van der Waals surface area contributed by atoms with Crippen LogP contribution in [0.4, 0.5) is 0 Å². The first-order chi connectivity index (χ1) is 12.7. The summed E-state index contributed by atoms with van der Waals surface area (Å²) in [5.41, 5.74) is 9.30. The Hall–Kier alpha value is -0.140. The van der Waals surface area contributed by atoms with Gasteiger partial charge in [-0.05, 0) is 0 Å². The third-order valence-electron chi connectivity index (χ3n) is 5.29. The van der Waals surface area contributed by atoms with E-state index in [9.17, 15) is 0 Å². The van der Waals surface area contributed by atoms with Crippen molar-refractivity contribution < 1.29 is 47.2 Å². The summed E-state index contributed by atoms with van der Waals surface area (Å²) < 4.78 is 0.809. The zero-order valence-corrected chi connectivity index (χ0v) is 23.7. The number of rotatable bonds is 5. The quantitative estimate of drug-likeness (QED) is 0.521. The van der Waals surface area contributed by atoms with Crippen LogP contribution in [0.2, 0.25) is 13.1 Å². The summed E-state index contributed by atoms with van der Waals surface area (Å²) >= 11 is -0.381. The summed E-state index contributed by atoms with van der Waals surface area (Å²) in [7, 11) is 0. The maximum Gasteiger partial charge on any atom is -1.00 e. The minimum Gasteiger partial charge on any atom is -1.00 e. The topological polar surface area (TPSA) is 0 Å². The van der Waals surface area contributed by atoms with Gasteiger partial charge in [-0.15, -0.1) is 0 Å². The van der Waals surface area contributed by atoms with Crippen molar-refractivity contribution in [3.05, 3.63) is 64.7 Å². The van der Waals surface area contributed by atoms with Crippen LogP contribution in [-0.2, 0) is 27.8 Å². The Morgan fingerprint density at radius 1 is 0.966 bits per heavy atom. The van der Waals surface area contributed by atoms with Crippen molar-refractivity contribution in [2.45, 2.75) is 63.2 Å². The van der Waals surface area contributed by atoms with Crippen molar-refractivity contribution in [2.24, 2.45) is 5.92 Å². The Balaban J connectivity index is 0.00000210. The van der Waals surface area contributed by atoms with Gasteiger partial charge in [-0.3, -0.25) is 0 Å². The van der Waals surface area contributed by atoms with Crippen molar-refractivity contribution in [2.75, 3.05) is 0 Å². The van der Waals surface area contributed by atoms with Gasteiger partial charge in [0.2, 0.25) is 0 Å². The average Bonchev–Trinajstić information content (AvgIpc) is 2.90. The monoisotopic (exact) mass is 521 g/mol. The molecule has 0 aliphatic heterocycles. The van der Waals surface area contributed by atoms with Gasteiger partial charge >= 0.3 is 179 Å². The van der Waals surface area contributed by atoms with Crippen LogP contribution in [0.1, 0.15) is 61.4 Å². The van der Waals surface area contributed by atoms with Crippen LogP contribution in [0.3, 0.4) is 0 Å². The summed E-state index contributed by atoms with van der Waals surface area (Å²) in [6.45, 7) is 16.6. The normalized spacial score (nSPS) is 15.3. The molecule has 155 valence electrons. The Labute approximate surface area is 202 Å². The van der Waals surface area contributed by atoms with Crippen molar-refractivity contribution >= 4 is 12.0 Å². The van der Waals surface area contributed by atoms with E-state index < -0.39 is 0 Å². The van der Waals surface area contributed by atoms with Gasteiger partial charge in [-0.2, -0.15) is 0 Å². The number of benzene rings is 2. The molecule has 1 aliphatic carbocycles. The van der Waals surface area contributed by atoms with E-state index >= 15 is 0 Å². The van der Waals surface area contributed by atoms with Gasteiger partial charge < -0.3 is 24.8 Å². The molecule has 0 amide bonds. The van der Waals surface area contributed by atoms with Gasteiger partial charge in [0.25, 0.3) is 0 Å². The zero-order valence-electron chi connectivity index (χ0n) is 18.7. The third-order valence-corrected chi connectivity index (χ3v) is 14.2. The first-order valence-electron chi connectivity index (χ1n) is 10.2. The molecule has 29 heavy (non-hydrogen) atoms. The number of hydrogen-bond acceptors (Lipinski definition) is 0. The van der Waals surface area contributed by atoms with Crippen molar-refractivity contribution in [3.8, 4) is 11.1 Å². The van der Waals surface area contributed by atoms with E-state index in [-0.39, 0.29) is 58.5 Å². The molecular formula is C25H33Cl2SiZr. The van der Waals surface area contributed by atoms with Crippen LogP contribution >= 0.6 is 0 Å². The predicted molar refractivity (Wildman–Crippen MR) is 118 cm³/mol.